The number of ether oxygens (including phenoxy) is 1. The van der Waals surface area contributed by atoms with Gasteiger partial charge in [0.1, 0.15) is 5.60 Å². The molecular weight excluding hydrogens is 360 g/mol. The molecular formula is C20H28N4O4. The van der Waals surface area contributed by atoms with Crippen molar-refractivity contribution in [2.75, 3.05) is 13.1 Å². The molecule has 0 saturated carbocycles. The zero-order chi connectivity index (χ0) is 20.3. The number of aryl methyl sites for hydroxylation is 1. The van der Waals surface area contributed by atoms with Gasteiger partial charge in [0, 0.05) is 20.0 Å². The quantitative estimate of drug-likeness (QED) is 0.840. The van der Waals surface area contributed by atoms with Crippen LogP contribution in [0.2, 0.25) is 0 Å². The number of carbonyl (C=O) groups is 1. The molecule has 0 spiro atoms. The van der Waals surface area contributed by atoms with E-state index in [4.69, 9.17) is 9.26 Å². The third-order valence-electron chi connectivity index (χ3n) is 4.52. The van der Waals surface area contributed by atoms with Crippen molar-refractivity contribution in [3.8, 4) is 0 Å². The van der Waals surface area contributed by atoms with Crippen LogP contribution in [-0.2, 0) is 17.8 Å². The van der Waals surface area contributed by atoms with Crippen molar-refractivity contribution in [1.82, 2.24) is 19.9 Å². The van der Waals surface area contributed by atoms with Crippen LogP contribution in [-0.4, -0.2) is 62.0 Å². The maximum atomic E-state index is 12.4. The summed E-state index contributed by atoms with van der Waals surface area (Å²) in [6.45, 7) is 8.84. The predicted molar refractivity (Wildman–Crippen MR) is 102 cm³/mol. The molecule has 2 heterocycles. The van der Waals surface area contributed by atoms with E-state index in [1.165, 1.54) is 0 Å². The Balaban J connectivity index is 1.75. The number of nitrogens with zero attached hydrogens (tertiary/aromatic N) is 4. The lowest BCUT2D eigenvalue weighted by Crippen LogP contribution is -2.43. The Labute approximate surface area is 165 Å². The van der Waals surface area contributed by atoms with Gasteiger partial charge < -0.3 is 19.3 Å². The van der Waals surface area contributed by atoms with Crippen LogP contribution in [0, 0.1) is 6.92 Å². The van der Waals surface area contributed by atoms with E-state index in [2.05, 4.69) is 15.0 Å². The second-order valence-corrected chi connectivity index (χ2v) is 8.14. The Morgan fingerprint density at radius 2 is 2.00 bits per heavy atom. The van der Waals surface area contributed by atoms with Crippen LogP contribution in [0.25, 0.3) is 0 Å². The van der Waals surface area contributed by atoms with Crippen LogP contribution in [0.4, 0.5) is 4.79 Å². The second kappa shape index (κ2) is 8.28. The van der Waals surface area contributed by atoms with E-state index in [1.54, 1.807) is 11.8 Å². The standard InChI is InChI=1S/C20H28N4O4/c1-14-21-18(22-28-14)13-23(10-15-8-6-5-7-9-15)16-11-24(12-17(16)25)19(26)27-20(2,3)4/h5-9,16-17,25H,10-13H2,1-4H3/t16-,17-/m1/s1. The summed E-state index contributed by atoms with van der Waals surface area (Å²) < 4.78 is 10.5. The molecule has 152 valence electrons. The molecule has 2 atom stereocenters. The first-order chi connectivity index (χ1) is 13.2. The van der Waals surface area contributed by atoms with Crippen molar-refractivity contribution in [2.45, 2.75) is 58.5 Å². The Bertz CT molecular complexity index is 787. The highest BCUT2D eigenvalue weighted by molar-refractivity contribution is 5.68. The molecule has 1 aromatic heterocycles. The summed E-state index contributed by atoms with van der Waals surface area (Å²) in [6, 6.07) is 9.72. The molecule has 0 aliphatic carbocycles. The molecule has 1 aliphatic heterocycles. The number of hydrogen-bond acceptors (Lipinski definition) is 7. The summed E-state index contributed by atoms with van der Waals surface area (Å²) in [5.74, 6) is 1.05. The molecule has 1 saturated heterocycles. The van der Waals surface area contributed by atoms with Crippen LogP contribution in [0.5, 0.6) is 0 Å². The van der Waals surface area contributed by atoms with Gasteiger partial charge in [0.15, 0.2) is 5.82 Å². The summed E-state index contributed by atoms with van der Waals surface area (Å²) >= 11 is 0. The SMILES string of the molecule is Cc1nc(CN(Cc2ccccc2)[C@@H]2CN(C(=O)OC(C)(C)C)C[C@H]2O)no1. The number of rotatable bonds is 5. The first-order valence-electron chi connectivity index (χ1n) is 9.44. The number of aromatic nitrogens is 2. The second-order valence-electron chi connectivity index (χ2n) is 8.14. The summed E-state index contributed by atoms with van der Waals surface area (Å²) in [5.41, 5.74) is 0.525. The van der Waals surface area contributed by atoms with E-state index in [-0.39, 0.29) is 12.6 Å². The number of β-amino-alcohol motifs (C(OH)–C–C–N with tert-alkyl or cyclic N) is 1. The molecule has 2 aromatic rings. The van der Waals surface area contributed by atoms with Gasteiger partial charge in [-0.15, -0.1) is 0 Å². The van der Waals surface area contributed by atoms with E-state index in [0.717, 1.165) is 5.56 Å². The van der Waals surface area contributed by atoms with Crippen LogP contribution in [0.3, 0.4) is 0 Å². The molecule has 0 radical (unpaired) electrons. The number of benzene rings is 1. The summed E-state index contributed by atoms with van der Waals surface area (Å²) in [7, 11) is 0. The third-order valence-corrected chi connectivity index (χ3v) is 4.52. The first-order valence-corrected chi connectivity index (χ1v) is 9.44. The number of carbonyl (C=O) groups excluding carboxylic acids is 1. The van der Waals surface area contributed by atoms with Crippen molar-refractivity contribution in [3.63, 3.8) is 0 Å². The lowest BCUT2D eigenvalue weighted by Gasteiger charge is -2.29. The fourth-order valence-electron chi connectivity index (χ4n) is 3.30. The number of aliphatic hydroxyl groups excluding tert-OH is 1. The Hall–Kier alpha value is -2.45. The van der Waals surface area contributed by atoms with Gasteiger partial charge in [0.05, 0.1) is 25.2 Å². The van der Waals surface area contributed by atoms with Gasteiger partial charge in [-0.2, -0.15) is 4.98 Å². The van der Waals surface area contributed by atoms with Crippen molar-refractivity contribution < 1.29 is 19.2 Å². The Kier molecular flexibility index (Phi) is 6.00. The number of aliphatic hydroxyl groups is 1. The van der Waals surface area contributed by atoms with Crippen LogP contribution in [0.1, 0.15) is 38.0 Å². The fraction of sp³-hybridized carbons (Fsp3) is 0.550. The highest BCUT2D eigenvalue weighted by atomic mass is 16.6. The maximum Gasteiger partial charge on any atom is 0.410 e. The molecule has 1 aromatic carbocycles. The van der Waals surface area contributed by atoms with Gasteiger partial charge in [0.2, 0.25) is 5.89 Å². The average Bonchev–Trinajstić information content (AvgIpc) is 3.19. The normalized spacial score (nSPS) is 20.0. The largest absolute Gasteiger partial charge is 0.444 e. The minimum atomic E-state index is -0.691. The Morgan fingerprint density at radius 1 is 1.29 bits per heavy atom. The fourth-order valence-corrected chi connectivity index (χ4v) is 3.30. The highest BCUT2D eigenvalue weighted by Gasteiger charge is 2.39. The summed E-state index contributed by atoms with van der Waals surface area (Å²) in [6.07, 6.45) is -1.10. The molecule has 1 N–H and O–H groups in total. The lowest BCUT2D eigenvalue weighted by atomic mass is 10.1. The van der Waals surface area contributed by atoms with Crippen molar-refractivity contribution >= 4 is 6.09 Å². The van der Waals surface area contributed by atoms with Crippen LogP contribution < -0.4 is 0 Å². The van der Waals surface area contributed by atoms with Gasteiger partial charge in [-0.05, 0) is 26.3 Å². The lowest BCUT2D eigenvalue weighted by molar-refractivity contribution is 0.0269. The van der Waals surface area contributed by atoms with Gasteiger partial charge in [-0.25, -0.2) is 4.79 Å². The molecule has 0 bridgehead atoms. The third kappa shape index (κ3) is 5.30. The summed E-state index contributed by atoms with van der Waals surface area (Å²) in [4.78, 5) is 20.3. The number of amides is 1. The topological polar surface area (TPSA) is 91.9 Å². The predicted octanol–water partition coefficient (Wildman–Crippen LogP) is 2.36. The van der Waals surface area contributed by atoms with E-state index >= 15 is 0 Å². The zero-order valence-corrected chi connectivity index (χ0v) is 16.8. The van der Waals surface area contributed by atoms with E-state index < -0.39 is 17.8 Å². The van der Waals surface area contributed by atoms with Crippen molar-refractivity contribution in [2.24, 2.45) is 0 Å². The first kappa shape index (κ1) is 20.3. The van der Waals surface area contributed by atoms with Gasteiger partial charge in [0.25, 0.3) is 0 Å². The molecule has 1 aliphatic rings. The van der Waals surface area contributed by atoms with Crippen LogP contribution in [0.15, 0.2) is 34.9 Å². The highest BCUT2D eigenvalue weighted by Crippen LogP contribution is 2.22. The molecule has 3 rings (SSSR count). The van der Waals surface area contributed by atoms with Crippen molar-refractivity contribution in [1.29, 1.82) is 0 Å². The molecule has 0 unspecified atom stereocenters. The molecule has 1 fully saturated rings. The maximum absolute atomic E-state index is 12.4. The van der Waals surface area contributed by atoms with E-state index in [1.807, 2.05) is 51.1 Å². The smallest absolute Gasteiger partial charge is 0.410 e. The molecule has 8 nitrogen and oxygen atoms in total. The number of hydrogen-bond donors (Lipinski definition) is 1. The molecule has 1 amide bonds. The van der Waals surface area contributed by atoms with E-state index in [9.17, 15) is 9.90 Å². The Morgan fingerprint density at radius 3 is 2.61 bits per heavy atom. The minimum Gasteiger partial charge on any atom is -0.444 e. The molecule has 8 heteroatoms. The van der Waals surface area contributed by atoms with Crippen molar-refractivity contribution in [3.05, 3.63) is 47.6 Å². The molecule has 28 heavy (non-hydrogen) atoms. The number of likely N-dealkylation sites (tertiary alicyclic amines) is 1. The van der Waals surface area contributed by atoms with Crippen LogP contribution >= 0.6 is 0 Å². The van der Waals surface area contributed by atoms with Gasteiger partial charge in [-0.1, -0.05) is 35.5 Å². The van der Waals surface area contributed by atoms with E-state index in [0.29, 0.717) is 31.3 Å². The minimum absolute atomic E-state index is 0.232. The average molecular weight is 388 g/mol. The van der Waals surface area contributed by atoms with Gasteiger partial charge >= 0.3 is 6.09 Å². The summed E-state index contributed by atoms with van der Waals surface area (Å²) in [5, 5.41) is 14.7. The van der Waals surface area contributed by atoms with Gasteiger partial charge in [-0.3, -0.25) is 4.90 Å². The monoisotopic (exact) mass is 388 g/mol. The zero-order valence-electron chi connectivity index (χ0n) is 16.8.